The Kier molecular flexibility index (Phi) is 5.87. The van der Waals surface area contributed by atoms with Gasteiger partial charge in [-0.05, 0) is 56.0 Å². The summed E-state index contributed by atoms with van der Waals surface area (Å²) in [6, 6.07) is 15.0. The number of hydrogen-bond donors (Lipinski definition) is 1. The maximum absolute atomic E-state index is 12.8. The van der Waals surface area contributed by atoms with Gasteiger partial charge in [0.1, 0.15) is 23.6 Å². The van der Waals surface area contributed by atoms with E-state index in [9.17, 15) is 9.59 Å². The first-order valence-electron chi connectivity index (χ1n) is 9.38. The number of carbonyl (C=O) groups excluding carboxylic acids is 2. The molecular weight excluding hydrogens is 356 g/mol. The maximum Gasteiger partial charge on any atom is 0.325 e. The van der Waals surface area contributed by atoms with Crippen LogP contribution in [0.2, 0.25) is 0 Å². The lowest BCUT2D eigenvalue weighted by atomic mass is 9.93. The van der Waals surface area contributed by atoms with E-state index in [0.717, 1.165) is 22.6 Å². The second-order valence-electron chi connectivity index (χ2n) is 7.18. The zero-order valence-corrected chi connectivity index (χ0v) is 16.5. The van der Waals surface area contributed by atoms with Gasteiger partial charge < -0.3 is 14.8 Å². The van der Waals surface area contributed by atoms with Crippen molar-refractivity contribution in [2.75, 3.05) is 20.3 Å². The van der Waals surface area contributed by atoms with Gasteiger partial charge in [-0.15, -0.1) is 0 Å². The molecule has 1 heterocycles. The molecule has 2 aromatic carbocycles. The van der Waals surface area contributed by atoms with E-state index in [2.05, 4.69) is 5.32 Å². The SMILES string of the molecule is COc1ccc(CC[C@@]2(C)NC(=O)N(CCOc3ccccc3C)C2=O)cc1. The number of hydrogen-bond acceptors (Lipinski definition) is 4. The lowest BCUT2D eigenvalue weighted by Gasteiger charge is -2.22. The van der Waals surface area contributed by atoms with Gasteiger partial charge in [0.25, 0.3) is 5.91 Å². The van der Waals surface area contributed by atoms with E-state index in [1.807, 2.05) is 55.5 Å². The number of nitrogens with one attached hydrogen (secondary N) is 1. The zero-order chi connectivity index (χ0) is 20.1. The van der Waals surface area contributed by atoms with E-state index in [1.165, 1.54) is 4.90 Å². The fourth-order valence-corrected chi connectivity index (χ4v) is 3.27. The summed E-state index contributed by atoms with van der Waals surface area (Å²) in [7, 11) is 1.63. The monoisotopic (exact) mass is 382 g/mol. The number of amides is 3. The van der Waals surface area contributed by atoms with Crippen LogP contribution in [0.1, 0.15) is 24.5 Å². The van der Waals surface area contributed by atoms with Crippen molar-refractivity contribution in [3.8, 4) is 11.5 Å². The molecule has 148 valence electrons. The largest absolute Gasteiger partial charge is 0.497 e. The average molecular weight is 382 g/mol. The van der Waals surface area contributed by atoms with Crippen molar-refractivity contribution in [3.05, 3.63) is 59.7 Å². The van der Waals surface area contributed by atoms with Crippen LogP contribution in [0.4, 0.5) is 4.79 Å². The first kappa shape index (κ1) is 19.7. The number of ether oxygens (including phenoxy) is 2. The Hall–Kier alpha value is -3.02. The lowest BCUT2D eigenvalue weighted by Crippen LogP contribution is -2.44. The molecule has 1 N–H and O–H groups in total. The Morgan fingerprint density at radius 2 is 1.79 bits per heavy atom. The number of benzene rings is 2. The van der Waals surface area contributed by atoms with Gasteiger partial charge in [-0.2, -0.15) is 0 Å². The summed E-state index contributed by atoms with van der Waals surface area (Å²) in [4.78, 5) is 26.4. The van der Waals surface area contributed by atoms with Crippen LogP contribution < -0.4 is 14.8 Å². The smallest absolute Gasteiger partial charge is 0.325 e. The molecule has 1 aliphatic heterocycles. The van der Waals surface area contributed by atoms with Crippen LogP contribution in [0.3, 0.4) is 0 Å². The predicted molar refractivity (Wildman–Crippen MR) is 107 cm³/mol. The van der Waals surface area contributed by atoms with E-state index in [-0.39, 0.29) is 25.1 Å². The van der Waals surface area contributed by atoms with Crippen LogP contribution in [0, 0.1) is 6.92 Å². The Morgan fingerprint density at radius 1 is 1.07 bits per heavy atom. The van der Waals surface area contributed by atoms with E-state index < -0.39 is 5.54 Å². The van der Waals surface area contributed by atoms with Crippen LogP contribution >= 0.6 is 0 Å². The zero-order valence-electron chi connectivity index (χ0n) is 16.5. The molecule has 1 aliphatic rings. The summed E-state index contributed by atoms with van der Waals surface area (Å²) < 4.78 is 10.9. The number of methoxy groups -OCH3 is 1. The van der Waals surface area contributed by atoms with Crippen molar-refractivity contribution in [2.24, 2.45) is 0 Å². The van der Waals surface area contributed by atoms with Crippen LogP contribution in [0.5, 0.6) is 11.5 Å². The van der Waals surface area contributed by atoms with Crippen molar-refractivity contribution < 1.29 is 19.1 Å². The molecule has 1 saturated heterocycles. The van der Waals surface area contributed by atoms with Crippen molar-refractivity contribution in [3.63, 3.8) is 0 Å². The van der Waals surface area contributed by atoms with E-state index >= 15 is 0 Å². The van der Waals surface area contributed by atoms with Gasteiger partial charge in [-0.25, -0.2) is 4.79 Å². The Balaban J connectivity index is 1.56. The minimum absolute atomic E-state index is 0.209. The first-order valence-corrected chi connectivity index (χ1v) is 9.38. The van der Waals surface area contributed by atoms with Crippen molar-refractivity contribution in [1.29, 1.82) is 0 Å². The van der Waals surface area contributed by atoms with Gasteiger partial charge in [-0.3, -0.25) is 9.69 Å². The number of aryl methyl sites for hydroxylation is 2. The van der Waals surface area contributed by atoms with E-state index in [0.29, 0.717) is 12.8 Å². The average Bonchev–Trinajstić information content (AvgIpc) is 2.91. The molecule has 0 bridgehead atoms. The number of urea groups is 1. The van der Waals surface area contributed by atoms with E-state index in [4.69, 9.17) is 9.47 Å². The molecule has 1 atom stereocenters. The normalized spacial score (nSPS) is 18.9. The molecular formula is C22H26N2O4. The fraction of sp³-hybridized carbons (Fsp3) is 0.364. The quantitative estimate of drug-likeness (QED) is 0.711. The van der Waals surface area contributed by atoms with Gasteiger partial charge in [-0.1, -0.05) is 30.3 Å². The number of para-hydroxylation sites is 1. The summed E-state index contributed by atoms with van der Waals surface area (Å²) >= 11 is 0. The molecule has 6 heteroatoms. The molecule has 0 aromatic heterocycles. The molecule has 28 heavy (non-hydrogen) atoms. The minimum atomic E-state index is -0.903. The third-order valence-corrected chi connectivity index (χ3v) is 5.08. The maximum atomic E-state index is 12.8. The molecule has 2 aromatic rings. The van der Waals surface area contributed by atoms with Gasteiger partial charge >= 0.3 is 6.03 Å². The second kappa shape index (κ2) is 8.33. The molecule has 0 radical (unpaired) electrons. The number of nitrogens with zero attached hydrogens (tertiary/aromatic N) is 1. The van der Waals surface area contributed by atoms with Gasteiger partial charge in [0.2, 0.25) is 0 Å². The molecule has 3 rings (SSSR count). The Bertz CT molecular complexity index is 850. The highest BCUT2D eigenvalue weighted by Gasteiger charge is 2.47. The topological polar surface area (TPSA) is 67.9 Å². The van der Waals surface area contributed by atoms with Crippen molar-refractivity contribution in [2.45, 2.75) is 32.2 Å². The number of rotatable bonds is 8. The number of carbonyl (C=O) groups is 2. The molecule has 0 unspecified atom stereocenters. The molecule has 3 amide bonds. The van der Waals surface area contributed by atoms with Gasteiger partial charge in [0.15, 0.2) is 0 Å². The van der Waals surface area contributed by atoms with E-state index in [1.54, 1.807) is 14.0 Å². The molecule has 0 aliphatic carbocycles. The summed E-state index contributed by atoms with van der Waals surface area (Å²) in [6.45, 7) is 4.22. The molecule has 1 fully saturated rings. The lowest BCUT2D eigenvalue weighted by molar-refractivity contribution is -0.131. The fourth-order valence-electron chi connectivity index (χ4n) is 3.27. The van der Waals surface area contributed by atoms with Crippen LogP contribution in [-0.2, 0) is 11.2 Å². The summed E-state index contributed by atoms with van der Waals surface area (Å²) in [5.41, 5.74) is 1.20. The van der Waals surface area contributed by atoms with Gasteiger partial charge in [0.05, 0.1) is 13.7 Å². The highest BCUT2D eigenvalue weighted by molar-refractivity contribution is 6.06. The minimum Gasteiger partial charge on any atom is -0.497 e. The third kappa shape index (κ3) is 4.27. The highest BCUT2D eigenvalue weighted by Crippen LogP contribution is 2.24. The summed E-state index contributed by atoms with van der Waals surface area (Å²) in [5.74, 6) is 1.34. The van der Waals surface area contributed by atoms with Crippen LogP contribution in [0.25, 0.3) is 0 Å². The number of imide groups is 1. The molecule has 6 nitrogen and oxygen atoms in total. The van der Waals surface area contributed by atoms with Crippen molar-refractivity contribution in [1.82, 2.24) is 10.2 Å². The Morgan fingerprint density at radius 3 is 2.46 bits per heavy atom. The molecule has 0 saturated carbocycles. The second-order valence-corrected chi connectivity index (χ2v) is 7.18. The van der Waals surface area contributed by atoms with Crippen LogP contribution in [0.15, 0.2) is 48.5 Å². The standard InChI is InChI=1S/C22H26N2O4/c1-16-6-4-5-7-19(16)28-15-14-24-20(25)22(2,23-21(24)26)13-12-17-8-10-18(27-3)11-9-17/h4-11H,12-15H2,1-3H3,(H,23,26)/t22-/m1/s1. The summed E-state index contributed by atoms with van der Waals surface area (Å²) in [6.07, 6.45) is 1.21. The van der Waals surface area contributed by atoms with Crippen LogP contribution in [-0.4, -0.2) is 42.6 Å². The third-order valence-electron chi connectivity index (χ3n) is 5.08. The Labute approximate surface area is 165 Å². The van der Waals surface area contributed by atoms with Crippen molar-refractivity contribution >= 4 is 11.9 Å². The first-order chi connectivity index (χ1) is 13.4. The highest BCUT2D eigenvalue weighted by atomic mass is 16.5. The predicted octanol–water partition coefficient (Wildman–Crippen LogP) is 3.33. The summed E-state index contributed by atoms with van der Waals surface area (Å²) in [5, 5.41) is 2.84. The molecule has 0 spiro atoms. The van der Waals surface area contributed by atoms with Gasteiger partial charge in [0, 0.05) is 0 Å².